The molecule has 38 heavy (non-hydrogen) atoms. The van der Waals surface area contributed by atoms with Crippen LogP contribution in [0.3, 0.4) is 0 Å². The summed E-state index contributed by atoms with van der Waals surface area (Å²) < 4.78 is 42.4. The number of para-hydroxylation sites is 1. The molecular formula is C24H24N4O9S. The number of benzene rings is 2. The van der Waals surface area contributed by atoms with Gasteiger partial charge in [0.2, 0.25) is 0 Å². The minimum Gasteiger partial charge on any atom is -0.495 e. The number of rotatable bonds is 6. The second-order valence-corrected chi connectivity index (χ2v) is 10.7. The highest BCUT2D eigenvalue weighted by Gasteiger charge is 2.55. The van der Waals surface area contributed by atoms with Crippen molar-refractivity contribution in [1.82, 2.24) is 9.21 Å². The lowest BCUT2D eigenvalue weighted by Gasteiger charge is -2.33. The number of fused-ring (bicyclic) bond motifs is 1. The largest absolute Gasteiger partial charge is 0.495 e. The van der Waals surface area contributed by atoms with Crippen LogP contribution >= 0.6 is 0 Å². The monoisotopic (exact) mass is 544 g/mol. The molecule has 0 aromatic heterocycles. The summed E-state index contributed by atoms with van der Waals surface area (Å²) in [6, 6.07) is 8.04. The molecule has 2 aromatic carbocycles. The maximum Gasteiger partial charge on any atom is 0.418 e. The van der Waals surface area contributed by atoms with Crippen molar-refractivity contribution in [3.05, 3.63) is 48.0 Å². The van der Waals surface area contributed by atoms with Gasteiger partial charge in [-0.25, -0.2) is 27.9 Å². The van der Waals surface area contributed by atoms with Crippen LogP contribution in [-0.4, -0.2) is 80.2 Å². The van der Waals surface area contributed by atoms with E-state index in [0.717, 1.165) is 11.4 Å². The SMILES string of the molecule is COC(=O)c1ccc(OC)c(NC(=O)C(C2=Nc3ccccc3S(=O)(=O)N2C)N2C(=O)OC(C)(C)C2=O)c1. The maximum absolute atomic E-state index is 13.8. The third-order valence-corrected chi connectivity index (χ3v) is 7.77. The number of carbonyl (C=O) groups excluding carboxylic acids is 4. The summed E-state index contributed by atoms with van der Waals surface area (Å²) in [6.45, 7) is 2.67. The fourth-order valence-electron chi connectivity index (χ4n) is 3.97. The molecular weight excluding hydrogens is 520 g/mol. The molecule has 0 spiro atoms. The quantitative estimate of drug-likeness (QED) is 0.536. The number of cyclic esters (lactones) is 1. The van der Waals surface area contributed by atoms with Gasteiger partial charge in [0.1, 0.15) is 10.6 Å². The Morgan fingerprint density at radius 1 is 1.11 bits per heavy atom. The van der Waals surface area contributed by atoms with E-state index in [9.17, 15) is 27.6 Å². The molecule has 1 atom stereocenters. The number of nitrogens with one attached hydrogen (secondary N) is 1. The molecule has 2 aromatic rings. The third-order valence-electron chi connectivity index (χ3n) is 5.96. The number of amidine groups is 1. The van der Waals surface area contributed by atoms with E-state index in [4.69, 9.17) is 14.2 Å². The van der Waals surface area contributed by atoms with Crippen molar-refractivity contribution in [2.75, 3.05) is 26.6 Å². The van der Waals surface area contributed by atoms with Crippen LogP contribution in [0.25, 0.3) is 0 Å². The van der Waals surface area contributed by atoms with Crippen LogP contribution in [-0.2, 0) is 29.1 Å². The molecule has 4 rings (SSSR count). The van der Waals surface area contributed by atoms with Crippen LogP contribution in [0.4, 0.5) is 16.2 Å². The Labute approximate surface area is 218 Å². The highest BCUT2D eigenvalue weighted by atomic mass is 32.2. The average Bonchev–Trinajstić information content (AvgIpc) is 3.08. The van der Waals surface area contributed by atoms with Gasteiger partial charge >= 0.3 is 12.1 Å². The van der Waals surface area contributed by atoms with Gasteiger partial charge in [0.15, 0.2) is 17.5 Å². The number of imide groups is 1. The maximum atomic E-state index is 13.8. The second kappa shape index (κ2) is 9.45. The normalized spacial score (nSPS) is 18.2. The lowest BCUT2D eigenvalue weighted by atomic mass is 10.1. The van der Waals surface area contributed by atoms with Gasteiger partial charge in [-0.3, -0.25) is 13.9 Å². The van der Waals surface area contributed by atoms with Gasteiger partial charge in [-0.15, -0.1) is 0 Å². The molecule has 2 aliphatic rings. The lowest BCUT2D eigenvalue weighted by Crippen LogP contribution is -2.58. The van der Waals surface area contributed by atoms with Gasteiger partial charge in [-0.05, 0) is 44.2 Å². The van der Waals surface area contributed by atoms with Crippen LogP contribution in [0.1, 0.15) is 24.2 Å². The molecule has 13 nitrogen and oxygen atoms in total. The molecule has 2 aliphatic heterocycles. The van der Waals surface area contributed by atoms with Gasteiger partial charge in [0.25, 0.3) is 21.8 Å². The lowest BCUT2D eigenvalue weighted by molar-refractivity contribution is -0.137. The van der Waals surface area contributed by atoms with E-state index in [0.29, 0.717) is 4.90 Å². The fourth-order valence-corrected chi connectivity index (χ4v) is 5.28. The van der Waals surface area contributed by atoms with Crippen LogP contribution in [0, 0.1) is 0 Å². The summed E-state index contributed by atoms with van der Waals surface area (Å²) in [5.74, 6) is -2.89. The Bertz CT molecular complexity index is 1500. The average molecular weight is 545 g/mol. The van der Waals surface area contributed by atoms with Crippen molar-refractivity contribution in [1.29, 1.82) is 0 Å². The number of esters is 1. The van der Waals surface area contributed by atoms with Crippen molar-refractivity contribution in [2.45, 2.75) is 30.4 Å². The minimum atomic E-state index is -4.20. The molecule has 200 valence electrons. The van der Waals surface area contributed by atoms with E-state index in [1.165, 1.54) is 64.5 Å². The molecule has 1 N–H and O–H groups in total. The van der Waals surface area contributed by atoms with Crippen molar-refractivity contribution in [3.63, 3.8) is 0 Å². The van der Waals surface area contributed by atoms with Crippen molar-refractivity contribution in [3.8, 4) is 5.75 Å². The van der Waals surface area contributed by atoms with Crippen LogP contribution < -0.4 is 10.1 Å². The Morgan fingerprint density at radius 2 is 1.79 bits per heavy atom. The number of likely N-dealkylation sites (N-methyl/N-ethyl adjacent to an activating group) is 1. The number of sulfonamides is 1. The van der Waals surface area contributed by atoms with E-state index in [2.05, 4.69) is 10.3 Å². The molecule has 2 heterocycles. The van der Waals surface area contributed by atoms with E-state index >= 15 is 0 Å². The van der Waals surface area contributed by atoms with E-state index in [1.54, 1.807) is 6.07 Å². The summed E-state index contributed by atoms with van der Waals surface area (Å²) in [5.41, 5.74) is -1.54. The van der Waals surface area contributed by atoms with Crippen LogP contribution in [0.5, 0.6) is 5.75 Å². The first-order valence-corrected chi connectivity index (χ1v) is 12.6. The Kier molecular flexibility index (Phi) is 6.61. The molecule has 0 radical (unpaired) electrons. The van der Waals surface area contributed by atoms with Gasteiger partial charge in [0, 0.05) is 7.05 Å². The highest BCUT2D eigenvalue weighted by molar-refractivity contribution is 7.90. The zero-order chi connectivity index (χ0) is 28.0. The van der Waals surface area contributed by atoms with Crippen LogP contribution in [0.15, 0.2) is 52.4 Å². The highest BCUT2D eigenvalue weighted by Crippen LogP contribution is 2.35. The number of nitrogens with zero attached hydrogens (tertiary/aromatic N) is 3. The molecule has 0 bridgehead atoms. The number of ether oxygens (including phenoxy) is 3. The zero-order valence-electron chi connectivity index (χ0n) is 21.0. The second-order valence-electron chi connectivity index (χ2n) is 8.76. The molecule has 0 aliphatic carbocycles. The van der Waals surface area contributed by atoms with Gasteiger partial charge in [-0.1, -0.05) is 12.1 Å². The van der Waals surface area contributed by atoms with E-state index < -0.39 is 51.4 Å². The van der Waals surface area contributed by atoms with E-state index in [-0.39, 0.29) is 27.6 Å². The zero-order valence-corrected chi connectivity index (χ0v) is 21.9. The number of methoxy groups -OCH3 is 2. The Morgan fingerprint density at radius 3 is 2.39 bits per heavy atom. The molecule has 1 unspecified atom stereocenters. The first kappa shape index (κ1) is 26.6. The predicted octanol–water partition coefficient (Wildman–Crippen LogP) is 1.91. The van der Waals surface area contributed by atoms with Crippen LogP contribution in [0.2, 0.25) is 0 Å². The topological polar surface area (TPSA) is 161 Å². The summed E-state index contributed by atoms with van der Waals surface area (Å²) in [6.07, 6.45) is -1.16. The Hall–Kier alpha value is -4.46. The standard InChI is InChI=1S/C24H24N4O9S/c1-24(2)22(31)28(23(32)37-24)18(19-25-14-8-6-7-9-17(14)38(33,34)27(19)3)20(29)26-15-12-13(21(30)36-5)10-11-16(15)35-4/h6-12,18H,1-5H3,(H,26,29). The number of hydrogen-bond acceptors (Lipinski definition) is 10. The third kappa shape index (κ3) is 4.32. The van der Waals surface area contributed by atoms with Gasteiger partial charge in [0.05, 0.1) is 31.2 Å². The number of carbonyl (C=O) groups is 4. The molecule has 1 saturated heterocycles. The number of anilines is 1. The predicted molar refractivity (Wildman–Crippen MR) is 133 cm³/mol. The fraction of sp³-hybridized carbons (Fsp3) is 0.292. The first-order chi connectivity index (χ1) is 17.8. The molecule has 0 saturated carbocycles. The summed E-state index contributed by atoms with van der Waals surface area (Å²) in [4.78, 5) is 56.6. The minimum absolute atomic E-state index is 0.00741. The van der Waals surface area contributed by atoms with Crippen molar-refractivity contribution < 1.29 is 41.8 Å². The number of aliphatic imine (C=N–C) groups is 1. The molecule has 1 fully saturated rings. The smallest absolute Gasteiger partial charge is 0.418 e. The van der Waals surface area contributed by atoms with E-state index in [1.807, 2.05) is 0 Å². The summed E-state index contributed by atoms with van der Waals surface area (Å²) in [5, 5.41) is 2.52. The van der Waals surface area contributed by atoms with Crippen molar-refractivity contribution >= 4 is 51.1 Å². The molecule has 14 heteroatoms. The van der Waals surface area contributed by atoms with Crippen molar-refractivity contribution in [2.24, 2.45) is 4.99 Å². The first-order valence-electron chi connectivity index (χ1n) is 11.1. The van der Waals surface area contributed by atoms with Gasteiger partial charge in [-0.2, -0.15) is 0 Å². The Balaban J connectivity index is 1.87. The van der Waals surface area contributed by atoms with Gasteiger partial charge < -0.3 is 19.5 Å². The number of hydrogen-bond donors (Lipinski definition) is 1. The molecule has 3 amide bonds. The summed E-state index contributed by atoms with van der Waals surface area (Å²) in [7, 11) is -0.540. The summed E-state index contributed by atoms with van der Waals surface area (Å²) >= 11 is 0. The number of amides is 3.